The summed E-state index contributed by atoms with van der Waals surface area (Å²) in [4.78, 5) is 49.4. The molecule has 116 valence electrons. The summed E-state index contributed by atoms with van der Waals surface area (Å²) in [6, 6.07) is -1.20. The van der Waals surface area contributed by atoms with Gasteiger partial charge in [-0.05, 0) is 26.7 Å². The highest BCUT2D eigenvalue weighted by Gasteiger charge is 2.42. The number of hydrogen-bond donors (Lipinski definition) is 2. The Bertz CT molecular complexity index is 506. The van der Waals surface area contributed by atoms with Gasteiger partial charge in [-0.2, -0.15) is 0 Å². The van der Waals surface area contributed by atoms with Gasteiger partial charge in [-0.3, -0.25) is 19.7 Å². The third-order valence-electron chi connectivity index (χ3n) is 4.15. The van der Waals surface area contributed by atoms with Gasteiger partial charge >= 0.3 is 12.0 Å². The lowest BCUT2D eigenvalue weighted by Gasteiger charge is -2.41. The number of piperidine rings is 1. The van der Waals surface area contributed by atoms with Gasteiger partial charge in [-0.1, -0.05) is 0 Å². The van der Waals surface area contributed by atoms with Gasteiger partial charge in [0.25, 0.3) is 0 Å². The normalized spacial score (nSPS) is 30.1. The van der Waals surface area contributed by atoms with Crippen molar-refractivity contribution in [2.24, 2.45) is 5.41 Å². The van der Waals surface area contributed by atoms with E-state index in [1.54, 1.807) is 13.8 Å². The topological polar surface area (TPSA) is 107 Å². The molecule has 2 rings (SSSR count). The van der Waals surface area contributed by atoms with Crippen LogP contribution in [0.5, 0.6) is 0 Å². The number of piperazine rings is 1. The molecule has 0 aromatic heterocycles. The fourth-order valence-electron chi connectivity index (χ4n) is 2.71. The van der Waals surface area contributed by atoms with Gasteiger partial charge in [0, 0.05) is 13.1 Å². The predicted molar refractivity (Wildman–Crippen MR) is 71.3 cm³/mol. The number of aliphatic carboxylic acids is 1. The molecule has 0 aliphatic carbocycles. The summed E-state index contributed by atoms with van der Waals surface area (Å²) in [5.74, 6) is -1.98. The zero-order valence-corrected chi connectivity index (χ0v) is 12.1. The Balaban J connectivity index is 2.14. The van der Waals surface area contributed by atoms with E-state index in [9.17, 15) is 24.3 Å². The van der Waals surface area contributed by atoms with E-state index in [0.717, 1.165) is 0 Å². The minimum Gasteiger partial charge on any atom is -0.481 e. The molecule has 21 heavy (non-hydrogen) atoms. The summed E-state index contributed by atoms with van der Waals surface area (Å²) in [5, 5.41) is 11.4. The average molecular weight is 297 g/mol. The molecule has 2 aliphatic rings. The Morgan fingerprint density at radius 1 is 1.38 bits per heavy atom. The molecule has 0 radical (unpaired) electrons. The zero-order valence-electron chi connectivity index (χ0n) is 12.1. The van der Waals surface area contributed by atoms with Crippen LogP contribution in [-0.2, 0) is 14.4 Å². The molecule has 0 saturated carbocycles. The third-order valence-corrected chi connectivity index (χ3v) is 4.15. The number of carboxylic acid groups (broad SMARTS) is 1. The quantitative estimate of drug-likeness (QED) is 0.643. The van der Waals surface area contributed by atoms with E-state index in [1.165, 1.54) is 9.80 Å². The zero-order chi connectivity index (χ0) is 15.8. The van der Waals surface area contributed by atoms with Crippen LogP contribution in [-0.4, -0.2) is 64.4 Å². The van der Waals surface area contributed by atoms with Gasteiger partial charge in [0.2, 0.25) is 11.8 Å². The first-order valence-electron chi connectivity index (χ1n) is 6.87. The number of nitrogens with one attached hydrogen (secondary N) is 1. The van der Waals surface area contributed by atoms with Crippen molar-refractivity contribution in [3.63, 3.8) is 0 Å². The van der Waals surface area contributed by atoms with Crippen LogP contribution < -0.4 is 5.32 Å². The van der Waals surface area contributed by atoms with Gasteiger partial charge in [0.15, 0.2) is 0 Å². The maximum absolute atomic E-state index is 12.5. The second-order valence-corrected chi connectivity index (χ2v) is 5.89. The number of urea groups is 1. The largest absolute Gasteiger partial charge is 0.481 e. The van der Waals surface area contributed by atoms with Crippen molar-refractivity contribution >= 4 is 23.8 Å². The highest BCUT2D eigenvalue weighted by molar-refractivity contribution is 6.03. The minimum absolute atomic E-state index is 0.0835. The molecule has 2 N–H and O–H groups in total. The fraction of sp³-hybridized carbons (Fsp3) is 0.692. The van der Waals surface area contributed by atoms with Crippen molar-refractivity contribution in [1.82, 2.24) is 15.1 Å². The molecule has 2 fully saturated rings. The van der Waals surface area contributed by atoms with Crippen LogP contribution in [0.1, 0.15) is 26.7 Å². The first kappa shape index (κ1) is 15.3. The fourth-order valence-corrected chi connectivity index (χ4v) is 2.71. The number of carbonyl (C=O) groups excluding carboxylic acids is 3. The van der Waals surface area contributed by atoms with E-state index in [4.69, 9.17) is 0 Å². The second-order valence-electron chi connectivity index (χ2n) is 5.89. The van der Waals surface area contributed by atoms with E-state index in [-0.39, 0.29) is 13.1 Å². The highest BCUT2D eigenvalue weighted by Crippen LogP contribution is 2.30. The molecule has 2 atom stereocenters. The Morgan fingerprint density at radius 3 is 2.67 bits per heavy atom. The summed E-state index contributed by atoms with van der Waals surface area (Å²) in [6.45, 7) is 3.47. The molecule has 0 aromatic carbocycles. The number of rotatable bonds is 1. The molecule has 2 saturated heterocycles. The molecule has 2 unspecified atom stereocenters. The summed E-state index contributed by atoms with van der Waals surface area (Å²) in [5.41, 5.74) is -0.987. The first-order valence-corrected chi connectivity index (χ1v) is 6.87. The van der Waals surface area contributed by atoms with Crippen LogP contribution in [0.15, 0.2) is 0 Å². The van der Waals surface area contributed by atoms with Crippen LogP contribution in [0, 0.1) is 5.41 Å². The Hall–Kier alpha value is -2.12. The molecule has 8 heteroatoms. The number of carbonyl (C=O) groups is 4. The maximum atomic E-state index is 12.5. The van der Waals surface area contributed by atoms with E-state index in [0.29, 0.717) is 19.4 Å². The number of hydrogen-bond acceptors (Lipinski definition) is 4. The Labute approximate surface area is 122 Å². The monoisotopic (exact) mass is 297 g/mol. The molecule has 0 bridgehead atoms. The predicted octanol–water partition coefficient (Wildman–Crippen LogP) is -0.360. The van der Waals surface area contributed by atoms with Gasteiger partial charge in [0.05, 0.1) is 5.41 Å². The van der Waals surface area contributed by atoms with Crippen molar-refractivity contribution in [3.8, 4) is 0 Å². The molecule has 0 spiro atoms. The molecule has 2 aliphatic heterocycles. The van der Waals surface area contributed by atoms with Gasteiger partial charge in [0.1, 0.15) is 12.6 Å². The standard InChI is InChI=1S/C13H19N3O5/c1-8-10(18)14-9(17)6-16(8)12(21)15-5-3-4-13(2,7-15)11(19)20/h8H,3-7H2,1-2H3,(H,19,20)(H,14,17,18). The van der Waals surface area contributed by atoms with Gasteiger partial charge in [-0.15, -0.1) is 0 Å². The minimum atomic E-state index is -0.987. The summed E-state index contributed by atoms with van der Waals surface area (Å²) >= 11 is 0. The second kappa shape index (κ2) is 5.34. The average Bonchev–Trinajstić information content (AvgIpc) is 2.42. The number of nitrogens with zero attached hydrogens (tertiary/aromatic N) is 2. The lowest BCUT2D eigenvalue weighted by Crippen LogP contribution is -2.62. The number of carboxylic acids is 1. The number of imide groups is 1. The molecule has 8 nitrogen and oxygen atoms in total. The van der Waals surface area contributed by atoms with Crippen LogP contribution >= 0.6 is 0 Å². The van der Waals surface area contributed by atoms with Crippen LogP contribution in [0.3, 0.4) is 0 Å². The lowest BCUT2D eigenvalue weighted by atomic mass is 9.82. The molecular formula is C13H19N3O5. The van der Waals surface area contributed by atoms with Gasteiger partial charge in [-0.25, -0.2) is 4.79 Å². The molecular weight excluding hydrogens is 278 g/mol. The van der Waals surface area contributed by atoms with Crippen molar-refractivity contribution < 1.29 is 24.3 Å². The number of likely N-dealkylation sites (tertiary alicyclic amines) is 1. The van der Waals surface area contributed by atoms with E-state index < -0.39 is 35.3 Å². The Morgan fingerprint density at radius 2 is 2.05 bits per heavy atom. The third kappa shape index (κ3) is 2.84. The van der Waals surface area contributed by atoms with Crippen molar-refractivity contribution in [3.05, 3.63) is 0 Å². The maximum Gasteiger partial charge on any atom is 0.321 e. The van der Waals surface area contributed by atoms with Crippen molar-refractivity contribution in [1.29, 1.82) is 0 Å². The molecule has 2 heterocycles. The molecule has 4 amide bonds. The van der Waals surface area contributed by atoms with Crippen molar-refractivity contribution in [2.45, 2.75) is 32.7 Å². The highest BCUT2D eigenvalue weighted by atomic mass is 16.4. The van der Waals surface area contributed by atoms with Crippen LogP contribution in [0.25, 0.3) is 0 Å². The smallest absolute Gasteiger partial charge is 0.321 e. The molecule has 0 aromatic rings. The van der Waals surface area contributed by atoms with Crippen LogP contribution in [0.4, 0.5) is 4.79 Å². The van der Waals surface area contributed by atoms with E-state index in [2.05, 4.69) is 5.32 Å². The summed E-state index contributed by atoms with van der Waals surface area (Å²) < 4.78 is 0. The lowest BCUT2D eigenvalue weighted by molar-refractivity contribution is -0.151. The van der Waals surface area contributed by atoms with Gasteiger partial charge < -0.3 is 14.9 Å². The summed E-state index contributed by atoms with van der Waals surface area (Å²) in [7, 11) is 0. The Kier molecular flexibility index (Phi) is 3.89. The summed E-state index contributed by atoms with van der Waals surface area (Å²) in [6.07, 6.45) is 1.08. The van der Waals surface area contributed by atoms with E-state index >= 15 is 0 Å². The first-order chi connectivity index (χ1) is 9.74. The SMILES string of the molecule is CC1C(=O)NC(=O)CN1C(=O)N1CCCC(C)(C(=O)O)C1. The van der Waals surface area contributed by atoms with Crippen molar-refractivity contribution in [2.75, 3.05) is 19.6 Å². The van der Waals surface area contributed by atoms with E-state index in [1.807, 2.05) is 0 Å². The number of amides is 4. The van der Waals surface area contributed by atoms with Crippen LogP contribution in [0.2, 0.25) is 0 Å².